The number of ether oxygens (including phenoxy) is 2. The van der Waals surface area contributed by atoms with Crippen LogP contribution in [0.15, 0.2) is 29.1 Å². The van der Waals surface area contributed by atoms with E-state index in [4.69, 9.17) is 9.47 Å². The molecule has 0 spiro atoms. The van der Waals surface area contributed by atoms with Gasteiger partial charge in [0.25, 0.3) is 0 Å². The molecule has 0 unspecified atom stereocenters. The quantitative estimate of drug-likeness (QED) is 0.660. The summed E-state index contributed by atoms with van der Waals surface area (Å²) in [4.78, 5) is 44.2. The number of carbonyl (C=O) groups excluding carboxylic acids is 2. The fourth-order valence-corrected chi connectivity index (χ4v) is 4.34. The highest BCUT2D eigenvalue weighted by Crippen LogP contribution is 2.33. The lowest BCUT2D eigenvalue weighted by Gasteiger charge is -2.34. The molecule has 1 saturated heterocycles. The summed E-state index contributed by atoms with van der Waals surface area (Å²) in [6.07, 6.45) is -0.606. The van der Waals surface area contributed by atoms with Gasteiger partial charge < -0.3 is 19.4 Å². The summed E-state index contributed by atoms with van der Waals surface area (Å²) >= 11 is 0. The second kappa shape index (κ2) is 9.31. The lowest BCUT2D eigenvalue weighted by Crippen LogP contribution is -2.50. The van der Waals surface area contributed by atoms with Crippen LogP contribution in [-0.2, 0) is 9.47 Å². The van der Waals surface area contributed by atoms with Crippen molar-refractivity contribution in [3.05, 3.63) is 40.2 Å². The maximum Gasteiger partial charge on any atom is 0.420 e. The van der Waals surface area contributed by atoms with E-state index < -0.39 is 29.4 Å². The van der Waals surface area contributed by atoms with Crippen molar-refractivity contribution in [1.82, 2.24) is 9.88 Å². The SMILES string of the molecule is Cc1c(N2CC[C@@H]([C@H](C)N(C(=O)OC(C)(C)C)C(=O)OC(C)(C)C)C2)ccc2ccc(=O)[nH]c12. The minimum Gasteiger partial charge on any atom is -0.443 e. The number of hydrogen-bond acceptors (Lipinski definition) is 6. The topological polar surface area (TPSA) is 91.9 Å². The number of benzene rings is 1. The van der Waals surface area contributed by atoms with Gasteiger partial charge in [0.1, 0.15) is 11.2 Å². The number of aromatic nitrogens is 1. The summed E-state index contributed by atoms with van der Waals surface area (Å²) in [5.41, 5.74) is 1.25. The van der Waals surface area contributed by atoms with Gasteiger partial charge in [0, 0.05) is 30.9 Å². The van der Waals surface area contributed by atoms with Crippen molar-refractivity contribution in [3.8, 4) is 0 Å². The van der Waals surface area contributed by atoms with Crippen LogP contribution in [0, 0.1) is 12.8 Å². The maximum absolute atomic E-state index is 13.0. The normalized spacial score (nSPS) is 17.5. The zero-order chi connectivity index (χ0) is 25.4. The van der Waals surface area contributed by atoms with Crippen molar-refractivity contribution in [2.75, 3.05) is 18.0 Å². The van der Waals surface area contributed by atoms with E-state index >= 15 is 0 Å². The highest BCUT2D eigenvalue weighted by Gasteiger charge is 2.40. The number of nitrogens with zero attached hydrogens (tertiary/aromatic N) is 2. The Morgan fingerprint density at radius 2 is 1.59 bits per heavy atom. The molecule has 2 atom stereocenters. The van der Waals surface area contributed by atoms with E-state index in [1.165, 1.54) is 6.07 Å². The van der Waals surface area contributed by atoms with Gasteiger partial charge >= 0.3 is 12.2 Å². The van der Waals surface area contributed by atoms with Gasteiger partial charge in [0.05, 0.1) is 5.52 Å². The number of nitrogens with one attached hydrogen (secondary N) is 1. The van der Waals surface area contributed by atoms with Crippen molar-refractivity contribution in [2.45, 2.75) is 79.1 Å². The molecule has 2 heterocycles. The molecule has 1 aliphatic heterocycles. The molecule has 3 rings (SSSR count). The lowest BCUT2D eigenvalue weighted by atomic mass is 9.99. The second-order valence-corrected chi connectivity index (χ2v) is 11.1. The average Bonchev–Trinajstić information content (AvgIpc) is 3.16. The molecule has 1 fully saturated rings. The highest BCUT2D eigenvalue weighted by molar-refractivity contribution is 5.89. The van der Waals surface area contributed by atoms with Gasteiger partial charge in [-0.25, -0.2) is 14.5 Å². The number of rotatable bonds is 3. The number of H-pyrrole nitrogens is 1. The van der Waals surface area contributed by atoms with E-state index in [0.29, 0.717) is 6.54 Å². The van der Waals surface area contributed by atoms with Gasteiger partial charge in [-0.15, -0.1) is 0 Å². The van der Waals surface area contributed by atoms with E-state index in [0.717, 1.165) is 40.0 Å². The Bertz CT molecular complexity index is 1100. The Morgan fingerprint density at radius 1 is 1.03 bits per heavy atom. The molecular weight excluding hydrogens is 434 g/mol. The summed E-state index contributed by atoms with van der Waals surface area (Å²) in [7, 11) is 0. The molecule has 1 aromatic heterocycles. The first kappa shape index (κ1) is 25.6. The number of pyridine rings is 1. The standard InChI is InChI=1S/C26H37N3O5/c1-16-20(11-9-18-10-12-21(30)27-22(16)18)28-14-13-19(15-28)17(2)29(23(31)33-25(3,4)5)24(32)34-26(6,7)8/h9-12,17,19H,13-15H2,1-8H3,(H,27,30)/t17-,19+/m0/s1. The van der Waals surface area contributed by atoms with Crippen molar-refractivity contribution in [1.29, 1.82) is 0 Å². The smallest absolute Gasteiger partial charge is 0.420 e. The number of aromatic amines is 1. The largest absolute Gasteiger partial charge is 0.443 e. The van der Waals surface area contributed by atoms with Crippen LogP contribution in [-0.4, -0.2) is 52.4 Å². The Labute approximate surface area is 201 Å². The summed E-state index contributed by atoms with van der Waals surface area (Å²) in [5.74, 6) is 0.0324. The first-order valence-electron chi connectivity index (χ1n) is 11.8. The zero-order valence-corrected chi connectivity index (χ0v) is 21.5. The molecule has 0 radical (unpaired) electrons. The van der Waals surface area contributed by atoms with Crippen molar-refractivity contribution >= 4 is 28.8 Å². The molecular formula is C26H37N3O5. The molecule has 34 heavy (non-hydrogen) atoms. The third-order valence-electron chi connectivity index (χ3n) is 5.97. The van der Waals surface area contributed by atoms with E-state index in [2.05, 4.69) is 16.0 Å². The number of fused-ring (bicyclic) bond motifs is 1. The number of hydrogen-bond donors (Lipinski definition) is 1. The monoisotopic (exact) mass is 471 g/mol. The van der Waals surface area contributed by atoms with Crippen LogP contribution in [0.5, 0.6) is 0 Å². The van der Waals surface area contributed by atoms with Crippen molar-refractivity contribution in [3.63, 3.8) is 0 Å². The van der Waals surface area contributed by atoms with Gasteiger partial charge in [-0.2, -0.15) is 0 Å². The van der Waals surface area contributed by atoms with Crippen LogP contribution in [0.25, 0.3) is 10.9 Å². The Balaban J connectivity index is 1.84. The van der Waals surface area contributed by atoms with Gasteiger partial charge in [0.15, 0.2) is 0 Å². The Kier molecular flexibility index (Phi) is 7.01. The van der Waals surface area contributed by atoms with Crippen molar-refractivity contribution in [2.24, 2.45) is 5.92 Å². The van der Waals surface area contributed by atoms with Crippen LogP contribution in [0.3, 0.4) is 0 Å². The van der Waals surface area contributed by atoms with Crippen LogP contribution in [0.2, 0.25) is 0 Å². The summed E-state index contributed by atoms with van der Waals surface area (Å²) in [5, 5.41) is 0.978. The fourth-order valence-electron chi connectivity index (χ4n) is 4.34. The minimum absolute atomic E-state index is 0.0324. The number of aryl methyl sites for hydroxylation is 1. The Morgan fingerprint density at radius 3 is 2.15 bits per heavy atom. The molecule has 2 aromatic rings. The van der Waals surface area contributed by atoms with Gasteiger partial charge in [-0.1, -0.05) is 6.07 Å². The van der Waals surface area contributed by atoms with Crippen LogP contribution < -0.4 is 10.5 Å². The molecule has 2 amide bonds. The second-order valence-electron chi connectivity index (χ2n) is 11.1. The number of imide groups is 1. The number of amides is 2. The van der Waals surface area contributed by atoms with E-state index in [-0.39, 0.29) is 11.5 Å². The molecule has 1 aliphatic rings. The zero-order valence-electron chi connectivity index (χ0n) is 21.5. The summed E-state index contributed by atoms with van der Waals surface area (Å²) < 4.78 is 11.1. The summed E-state index contributed by atoms with van der Waals surface area (Å²) in [6.45, 7) is 15.9. The van der Waals surface area contributed by atoms with E-state index in [1.807, 2.05) is 26.0 Å². The molecule has 8 nitrogen and oxygen atoms in total. The minimum atomic E-state index is -0.738. The van der Waals surface area contributed by atoms with Gasteiger partial charge in [0.2, 0.25) is 5.56 Å². The molecule has 0 bridgehead atoms. The fraction of sp³-hybridized carbons (Fsp3) is 0.577. The molecule has 8 heteroatoms. The molecule has 1 aromatic carbocycles. The highest BCUT2D eigenvalue weighted by atomic mass is 16.6. The van der Waals surface area contributed by atoms with Crippen LogP contribution >= 0.6 is 0 Å². The Hall–Kier alpha value is -3.03. The molecule has 0 saturated carbocycles. The molecule has 0 aliphatic carbocycles. The van der Waals surface area contributed by atoms with Crippen LogP contribution in [0.1, 0.15) is 60.5 Å². The first-order chi connectivity index (χ1) is 15.7. The lowest BCUT2D eigenvalue weighted by molar-refractivity contribution is -0.0103. The maximum atomic E-state index is 13.0. The van der Waals surface area contributed by atoms with Gasteiger partial charge in [-0.3, -0.25) is 4.79 Å². The van der Waals surface area contributed by atoms with E-state index in [9.17, 15) is 14.4 Å². The average molecular weight is 472 g/mol. The van der Waals surface area contributed by atoms with Crippen molar-refractivity contribution < 1.29 is 19.1 Å². The number of carbonyl (C=O) groups is 2. The van der Waals surface area contributed by atoms with Crippen LogP contribution in [0.4, 0.5) is 15.3 Å². The van der Waals surface area contributed by atoms with E-state index in [1.54, 1.807) is 41.5 Å². The third kappa shape index (κ3) is 5.90. The molecule has 1 N–H and O–H groups in total. The molecule has 186 valence electrons. The first-order valence-corrected chi connectivity index (χ1v) is 11.8. The third-order valence-corrected chi connectivity index (χ3v) is 5.97. The summed E-state index contributed by atoms with van der Waals surface area (Å²) in [6, 6.07) is 6.98. The van der Waals surface area contributed by atoms with Gasteiger partial charge in [-0.05, 0) is 90.8 Å². The predicted octanol–water partition coefficient (Wildman–Crippen LogP) is 5.22. The predicted molar refractivity (Wildman–Crippen MR) is 133 cm³/mol. The number of anilines is 1.